The number of nitrogens with zero attached hydrogens (tertiary/aromatic N) is 2. The van der Waals surface area contributed by atoms with Crippen LogP contribution in [-0.4, -0.2) is 59.2 Å². The van der Waals surface area contributed by atoms with Gasteiger partial charge >= 0.3 is 0 Å². The Morgan fingerprint density at radius 1 is 1.23 bits per heavy atom. The molecule has 3 heterocycles. The SMILES string of the molecule is CCN(Cc1cccc2c1CN(C1CCC(=O)NC1=O)C2=O)C1CNC1. The van der Waals surface area contributed by atoms with Crippen molar-refractivity contribution in [2.75, 3.05) is 19.6 Å². The first-order valence-electron chi connectivity index (χ1n) is 9.28. The Kier molecular flexibility index (Phi) is 4.50. The van der Waals surface area contributed by atoms with Gasteiger partial charge < -0.3 is 10.2 Å². The summed E-state index contributed by atoms with van der Waals surface area (Å²) in [4.78, 5) is 40.5. The highest BCUT2D eigenvalue weighted by Gasteiger charge is 2.40. The molecule has 2 saturated heterocycles. The second-order valence-electron chi connectivity index (χ2n) is 7.22. The van der Waals surface area contributed by atoms with Crippen LogP contribution in [0.25, 0.3) is 0 Å². The van der Waals surface area contributed by atoms with Crippen molar-refractivity contribution in [3.05, 3.63) is 34.9 Å². The molecular weight excluding hydrogens is 332 g/mol. The molecule has 0 aliphatic carbocycles. The molecule has 3 aliphatic heterocycles. The standard InChI is InChI=1S/C19H24N4O3/c1-2-22(13-8-20-9-13)10-12-4-3-5-14-15(12)11-23(19(14)26)16-6-7-17(24)21-18(16)25/h3-5,13,16,20H,2,6-11H2,1H3,(H,21,24,25). The van der Waals surface area contributed by atoms with Crippen molar-refractivity contribution in [1.82, 2.24) is 20.4 Å². The highest BCUT2D eigenvalue weighted by atomic mass is 16.2. The van der Waals surface area contributed by atoms with Gasteiger partial charge in [-0.05, 0) is 30.2 Å². The maximum atomic E-state index is 12.9. The van der Waals surface area contributed by atoms with Gasteiger partial charge in [0, 0.05) is 44.2 Å². The lowest BCUT2D eigenvalue weighted by Gasteiger charge is -2.38. The Bertz CT molecular complexity index is 759. The summed E-state index contributed by atoms with van der Waals surface area (Å²) in [6.07, 6.45) is 0.677. The smallest absolute Gasteiger partial charge is 0.255 e. The number of nitrogens with one attached hydrogen (secondary N) is 2. The van der Waals surface area contributed by atoms with Crippen molar-refractivity contribution in [2.45, 2.75) is 44.9 Å². The molecule has 0 spiro atoms. The molecule has 7 nitrogen and oxygen atoms in total. The van der Waals surface area contributed by atoms with E-state index in [2.05, 4.69) is 28.5 Å². The van der Waals surface area contributed by atoms with Crippen LogP contribution in [0.3, 0.4) is 0 Å². The molecule has 7 heteroatoms. The van der Waals surface area contributed by atoms with Crippen molar-refractivity contribution in [2.24, 2.45) is 0 Å². The van der Waals surface area contributed by atoms with E-state index in [0.29, 0.717) is 24.6 Å². The van der Waals surface area contributed by atoms with Gasteiger partial charge in [-0.3, -0.25) is 24.6 Å². The topological polar surface area (TPSA) is 81.8 Å². The lowest BCUT2D eigenvalue weighted by molar-refractivity contribution is -0.136. The number of benzene rings is 1. The fourth-order valence-corrected chi connectivity index (χ4v) is 4.05. The van der Waals surface area contributed by atoms with E-state index in [4.69, 9.17) is 0 Å². The van der Waals surface area contributed by atoms with Gasteiger partial charge in [-0.15, -0.1) is 0 Å². The monoisotopic (exact) mass is 356 g/mol. The fraction of sp³-hybridized carbons (Fsp3) is 0.526. The van der Waals surface area contributed by atoms with E-state index in [1.54, 1.807) is 4.90 Å². The third kappa shape index (κ3) is 2.91. The highest BCUT2D eigenvalue weighted by molar-refractivity contribution is 6.05. The zero-order valence-corrected chi connectivity index (χ0v) is 15.0. The Morgan fingerprint density at radius 3 is 2.69 bits per heavy atom. The first-order chi connectivity index (χ1) is 12.6. The van der Waals surface area contributed by atoms with Crippen LogP contribution in [0.2, 0.25) is 0 Å². The number of hydrogen-bond acceptors (Lipinski definition) is 5. The summed E-state index contributed by atoms with van der Waals surface area (Å²) in [5.41, 5.74) is 2.86. The first kappa shape index (κ1) is 17.2. The number of fused-ring (bicyclic) bond motifs is 1. The second kappa shape index (κ2) is 6.81. The van der Waals surface area contributed by atoms with E-state index < -0.39 is 6.04 Å². The van der Waals surface area contributed by atoms with Crippen LogP contribution in [0.4, 0.5) is 0 Å². The zero-order chi connectivity index (χ0) is 18.3. The van der Waals surface area contributed by atoms with Gasteiger partial charge in [0.15, 0.2) is 0 Å². The Balaban J connectivity index is 1.56. The summed E-state index contributed by atoms with van der Waals surface area (Å²) in [5.74, 6) is -0.729. The highest BCUT2D eigenvalue weighted by Crippen LogP contribution is 2.30. The minimum absolute atomic E-state index is 0.107. The summed E-state index contributed by atoms with van der Waals surface area (Å²) in [6.45, 7) is 6.37. The maximum Gasteiger partial charge on any atom is 0.255 e. The molecule has 0 saturated carbocycles. The molecule has 0 bridgehead atoms. The average molecular weight is 356 g/mol. The molecule has 4 rings (SSSR count). The van der Waals surface area contributed by atoms with Crippen LogP contribution in [0.15, 0.2) is 18.2 Å². The molecule has 1 unspecified atom stereocenters. The molecule has 1 aromatic carbocycles. The normalized spacial score (nSPS) is 23.2. The summed E-state index contributed by atoms with van der Waals surface area (Å²) < 4.78 is 0. The van der Waals surface area contributed by atoms with Crippen molar-refractivity contribution in [1.29, 1.82) is 0 Å². The van der Waals surface area contributed by atoms with E-state index in [0.717, 1.165) is 37.3 Å². The number of imide groups is 1. The Labute approximate surface area is 152 Å². The van der Waals surface area contributed by atoms with Gasteiger partial charge in [0.2, 0.25) is 11.8 Å². The third-order valence-corrected chi connectivity index (χ3v) is 5.74. The molecule has 1 aromatic rings. The molecular formula is C19H24N4O3. The summed E-state index contributed by atoms with van der Waals surface area (Å²) >= 11 is 0. The van der Waals surface area contributed by atoms with Crippen LogP contribution in [-0.2, 0) is 22.7 Å². The van der Waals surface area contributed by atoms with Gasteiger partial charge in [-0.2, -0.15) is 0 Å². The van der Waals surface area contributed by atoms with Gasteiger partial charge in [-0.25, -0.2) is 0 Å². The Hall–Kier alpha value is -2.25. The maximum absolute atomic E-state index is 12.9. The van der Waals surface area contributed by atoms with Crippen molar-refractivity contribution >= 4 is 17.7 Å². The second-order valence-corrected chi connectivity index (χ2v) is 7.22. The lowest BCUT2D eigenvalue weighted by Crippen LogP contribution is -2.56. The van der Waals surface area contributed by atoms with Gasteiger partial charge in [0.25, 0.3) is 5.91 Å². The molecule has 2 N–H and O–H groups in total. The van der Waals surface area contributed by atoms with Gasteiger partial charge in [0.1, 0.15) is 6.04 Å². The predicted molar refractivity (Wildman–Crippen MR) is 95.2 cm³/mol. The zero-order valence-electron chi connectivity index (χ0n) is 15.0. The van der Waals surface area contributed by atoms with Crippen molar-refractivity contribution in [3.63, 3.8) is 0 Å². The van der Waals surface area contributed by atoms with E-state index in [-0.39, 0.29) is 24.1 Å². The number of likely N-dealkylation sites (N-methyl/N-ethyl adjacent to an activating group) is 1. The third-order valence-electron chi connectivity index (χ3n) is 5.74. The quantitative estimate of drug-likeness (QED) is 0.739. The molecule has 26 heavy (non-hydrogen) atoms. The van der Waals surface area contributed by atoms with Gasteiger partial charge in [-0.1, -0.05) is 19.1 Å². The summed E-state index contributed by atoms with van der Waals surface area (Å²) in [7, 11) is 0. The van der Waals surface area contributed by atoms with Crippen LogP contribution in [0, 0.1) is 0 Å². The van der Waals surface area contributed by atoms with Crippen LogP contribution in [0.1, 0.15) is 41.3 Å². The molecule has 1 atom stereocenters. The average Bonchev–Trinajstić information content (AvgIpc) is 2.90. The molecule has 138 valence electrons. The number of hydrogen-bond donors (Lipinski definition) is 2. The molecule has 2 fully saturated rings. The number of carbonyl (C=O) groups is 3. The van der Waals surface area contributed by atoms with E-state index in [1.165, 1.54) is 0 Å². The fourth-order valence-electron chi connectivity index (χ4n) is 4.05. The summed E-state index contributed by atoms with van der Waals surface area (Å²) in [5, 5.41) is 5.66. The van der Waals surface area contributed by atoms with E-state index >= 15 is 0 Å². The number of carbonyl (C=O) groups excluding carboxylic acids is 3. The number of piperidine rings is 1. The van der Waals surface area contributed by atoms with Crippen molar-refractivity contribution < 1.29 is 14.4 Å². The summed E-state index contributed by atoms with van der Waals surface area (Å²) in [6, 6.07) is 5.83. The van der Waals surface area contributed by atoms with Gasteiger partial charge in [0.05, 0.1) is 0 Å². The Morgan fingerprint density at radius 2 is 2.04 bits per heavy atom. The minimum atomic E-state index is -0.557. The molecule has 3 amide bonds. The van der Waals surface area contributed by atoms with Crippen molar-refractivity contribution in [3.8, 4) is 0 Å². The van der Waals surface area contributed by atoms with E-state index in [1.807, 2.05) is 12.1 Å². The molecule has 0 radical (unpaired) electrons. The van der Waals surface area contributed by atoms with Crippen LogP contribution in [0.5, 0.6) is 0 Å². The minimum Gasteiger partial charge on any atom is -0.322 e. The molecule has 0 aromatic heterocycles. The van der Waals surface area contributed by atoms with Crippen LogP contribution >= 0.6 is 0 Å². The number of amides is 3. The largest absolute Gasteiger partial charge is 0.322 e. The first-order valence-corrected chi connectivity index (χ1v) is 9.28. The van der Waals surface area contributed by atoms with Crippen LogP contribution < -0.4 is 10.6 Å². The van der Waals surface area contributed by atoms with E-state index in [9.17, 15) is 14.4 Å². The predicted octanol–water partition coefficient (Wildman–Crippen LogP) is 0.241. The lowest BCUT2D eigenvalue weighted by atomic mass is 10.0. The molecule has 3 aliphatic rings. The number of rotatable bonds is 5.